The predicted octanol–water partition coefficient (Wildman–Crippen LogP) is 4.27. The maximum Gasteiger partial charge on any atom is 0.257 e. The third-order valence-electron chi connectivity index (χ3n) is 5.78. The number of piperidine rings is 1. The van der Waals surface area contributed by atoms with Crippen LogP contribution in [0.2, 0.25) is 0 Å². The summed E-state index contributed by atoms with van der Waals surface area (Å²) >= 11 is 0. The molecule has 1 saturated heterocycles. The van der Waals surface area contributed by atoms with Crippen molar-refractivity contribution in [2.75, 3.05) is 13.1 Å². The number of benzene rings is 1. The Morgan fingerprint density at radius 1 is 1.04 bits per heavy atom. The van der Waals surface area contributed by atoms with Crippen LogP contribution in [-0.2, 0) is 10.0 Å². The molecule has 1 aliphatic carbocycles. The number of aryl methyl sites for hydroxylation is 1. The molecule has 2 heterocycles. The summed E-state index contributed by atoms with van der Waals surface area (Å²) in [6, 6.07) is 5.39. The van der Waals surface area contributed by atoms with E-state index >= 15 is 0 Å². The van der Waals surface area contributed by atoms with E-state index in [1.54, 1.807) is 10.4 Å². The van der Waals surface area contributed by atoms with Crippen LogP contribution in [0.15, 0.2) is 27.6 Å². The summed E-state index contributed by atoms with van der Waals surface area (Å²) in [6.07, 6.45) is 8.82. The van der Waals surface area contributed by atoms with Crippen LogP contribution in [0.25, 0.3) is 11.5 Å². The summed E-state index contributed by atoms with van der Waals surface area (Å²) in [4.78, 5) is 4.93. The van der Waals surface area contributed by atoms with E-state index in [0.717, 1.165) is 43.5 Å². The molecule has 6 nitrogen and oxygen atoms in total. The van der Waals surface area contributed by atoms with Gasteiger partial charge in [-0.15, -0.1) is 0 Å². The largest absolute Gasteiger partial charge is 0.334 e. The Morgan fingerprint density at radius 3 is 2.48 bits per heavy atom. The van der Waals surface area contributed by atoms with Crippen LogP contribution in [0.1, 0.15) is 68.7 Å². The van der Waals surface area contributed by atoms with Gasteiger partial charge in [0.1, 0.15) is 0 Å². The summed E-state index contributed by atoms with van der Waals surface area (Å²) < 4.78 is 33.3. The van der Waals surface area contributed by atoms with Gasteiger partial charge in [-0.25, -0.2) is 8.42 Å². The highest BCUT2D eigenvalue weighted by molar-refractivity contribution is 7.89. The lowest BCUT2D eigenvalue weighted by atomic mass is 9.89. The van der Waals surface area contributed by atoms with E-state index in [9.17, 15) is 8.42 Å². The molecule has 0 radical (unpaired) electrons. The van der Waals surface area contributed by atoms with Gasteiger partial charge in [0.15, 0.2) is 5.82 Å². The Labute approximate surface area is 161 Å². The topological polar surface area (TPSA) is 76.3 Å². The Kier molecular flexibility index (Phi) is 5.32. The Hall–Kier alpha value is -1.73. The van der Waals surface area contributed by atoms with Crippen molar-refractivity contribution in [1.82, 2.24) is 14.4 Å². The van der Waals surface area contributed by atoms with Crippen LogP contribution in [-0.4, -0.2) is 36.0 Å². The van der Waals surface area contributed by atoms with Crippen molar-refractivity contribution < 1.29 is 12.9 Å². The summed E-state index contributed by atoms with van der Waals surface area (Å²) in [6.45, 7) is 3.03. The highest BCUT2D eigenvalue weighted by Gasteiger charge is 2.28. The number of rotatable bonds is 4. The molecule has 146 valence electrons. The zero-order valence-electron chi connectivity index (χ0n) is 15.9. The molecule has 2 aliphatic rings. The summed E-state index contributed by atoms with van der Waals surface area (Å²) in [5, 5.41) is 4.17. The molecule has 1 aromatic heterocycles. The fourth-order valence-corrected chi connectivity index (χ4v) is 5.90. The van der Waals surface area contributed by atoms with E-state index in [0.29, 0.717) is 35.4 Å². The molecule has 0 atom stereocenters. The van der Waals surface area contributed by atoms with Gasteiger partial charge in [-0.3, -0.25) is 0 Å². The second kappa shape index (κ2) is 7.72. The van der Waals surface area contributed by atoms with Crippen LogP contribution >= 0.6 is 0 Å². The molecule has 0 amide bonds. The van der Waals surface area contributed by atoms with Crippen LogP contribution in [0.5, 0.6) is 0 Å². The fourth-order valence-electron chi connectivity index (χ4n) is 4.13. The van der Waals surface area contributed by atoms with Crippen molar-refractivity contribution >= 4 is 10.0 Å². The molecule has 1 aliphatic heterocycles. The Morgan fingerprint density at radius 2 is 1.74 bits per heavy atom. The molecule has 1 aromatic carbocycles. The molecular weight excluding hydrogens is 362 g/mol. The van der Waals surface area contributed by atoms with Crippen molar-refractivity contribution in [2.24, 2.45) is 0 Å². The van der Waals surface area contributed by atoms with E-state index < -0.39 is 10.0 Å². The van der Waals surface area contributed by atoms with Crippen LogP contribution in [0.4, 0.5) is 0 Å². The first kappa shape index (κ1) is 18.6. The van der Waals surface area contributed by atoms with Crippen molar-refractivity contribution in [2.45, 2.75) is 69.1 Å². The van der Waals surface area contributed by atoms with E-state index in [-0.39, 0.29) is 0 Å². The van der Waals surface area contributed by atoms with Gasteiger partial charge in [-0.2, -0.15) is 9.29 Å². The Bertz CT molecular complexity index is 895. The minimum Gasteiger partial charge on any atom is -0.334 e. The molecule has 0 bridgehead atoms. The van der Waals surface area contributed by atoms with E-state index in [4.69, 9.17) is 4.52 Å². The maximum atomic E-state index is 13.1. The highest BCUT2D eigenvalue weighted by Crippen LogP contribution is 2.33. The number of nitrogens with zero attached hydrogens (tertiary/aromatic N) is 3. The van der Waals surface area contributed by atoms with E-state index in [1.165, 1.54) is 19.3 Å². The maximum absolute atomic E-state index is 13.1. The lowest BCUT2D eigenvalue weighted by Crippen LogP contribution is -2.35. The van der Waals surface area contributed by atoms with Crippen molar-refractivity contribution in [1.29, 1.82) is 0 Å². The summed E-state index contributed by atoms with van der Waals surface area (Å²) in [7, 11) is -3.49. The predicted molar refractivity (Wildman–Crippen MR) is 103 cm³/mol. The third-order valence-corrected chi connectivity index (χ3v) is 7.82. The van der Waals surface area contributed by atoms with Crippen LogP contribution in [0.3, 0.4) is 0 Å². The van der Waals surface area contributed by atoms with Gasteiger partial charge in [0.25, 0.3) is 5.89 Å². The van der Waals surface area contributed by atoms with Gasteiger partial charge in [-0.05, 0) is 50.3 Å². The minimum atomic E-state index is -3.49. The van der Waals surface area contributed by atoms with Gasteiger partial charge >= 0.3 is 0 Å². The summed E-state index contributed by atoms with van der Waals surface area (Å²) in [5.74, 6) is 1.52. The first-order valence-corrected chi connectivity index (χ1v) is 11.4. The van der Waals surface area contributed by atoms with E-state index in [1.807, 2.05) is 19.1 Å². The first-order chi connectivity index (χ1) is 13.1. The molecule has 27 heavy (non-hydrogen) atoms. The monoisotopic (exact) mass is 389 g/mol. The third kappa shape index (κ3) is 3.80. The number of hydrogen-bond acceptors (Lipinski definition) is 5. The molecule has 7 heteroatoms. The van der Waals surface area contributed by atoms with Crippen LogP contribution in [0, 0.1) is 6.92 Å². The van der Waals surface area contributed by atoms with Gasteiger partial charge in [0.2, 0.25) is 10.0 Å². The molecule has 4 rings (SSSR count). The van der Waals surface area contributed by atoms with Crippen LogP contribution < -0.4 is 0 Å². The first-order valence-electron chi connectivity index (χ1n) is 10.0. The molecule has 1 saturated carbocycles. The molecule has 0 spiro atoms. The quantitative estimate of drug-likeness (QED) is 0.780. The zero-order chi connectivity index (χ0) is 18.9. The molecule has 0 N–H and O–H groups in total. The zero-order valence-corrected chi connectivity index (χ0v) is 16.7. The lowest BCUT2D eigenvalue weighted by molar-refractivity contribution is 0.346. The van der Waals surface area contributed by atoms with Crippen molar-refractivity contribution in [3.63, 3.8) is 0 Å². The average Bonchev–Trinajstić information content (AvgIpc) is 3.20. The second-order valence-corrected chi connectivity index (χ2v) is 9.64. The molecular formula is C20H27N3O3S. The van der Waals surface area contributed by atoms with Gasteiger partial charge in [0, 0.05) is 24.6 Å². The number of hydrogen-bond donors (Lipinski definition) is 0. The SMILES string of the molecule is Cc1ccc(-c2nc(C3CCCCC3)no2)cc1S(=O)(=O)N1CCCCC1. The normalized spacial score (nSPS) is 20.0. The average molecular weight is 390 g/mol. The highest BCUT2D eigenvalue weighted by atomic mass is 32.2. The fraction of sp³-hybridized carbons (Fsp3) is 0.600. The van der Waals surface area contributed by atoms with Crippen molar-refractivity contribution in [3.8, 4) is 11.5 Å². The van der Waals surface area contributed by atoms with Gasteiger partial charge in [-0.1, -0.05) is 36.9 Å². The standard InChI is InChI=1S/C20H27N3O3S/c1-15-10-11-17(14-18(15)27(24,25)23-12-6-3-7-13-23)20-21-19(22-26-20)16-8-4-2-5-9-16/h10-11,14,16H,2-9,12-13H2,1H3. The van der Waals surface area contributed by atoms with Crippen molar-refractivity contribution in [3.05, 3.63) is 29.6 Å². The smallest absolute Gasteiger partial charge is 0.257 e. The number of sulfonamides is 1. The molecule has 2 fully saturated rings. The lowest BCUT2D eigenvalue weighted by Gasteiger charge is -2.26. The number of aromatic nitrogens is 2. The van der Waals surface area contributed by atoms with E-state index in [2.05, 4.69) is 10.1 Å². The summed E-state index contributed by atoms with van der Waals surface area (Å²) in [5.41, 5.74) is 1.42. The van der Waals surface area contributed by atoms with Gasteiger partial charge < -0.3 is 4.52 Å². The van der Waals surface area contributed by atoms with Gasteiger partial charge in [0.05, 0.1) is 4.90 Å². The molecule has 2 aromatic rings. The second-order valence-electron chi connectivity index (χ2n) is 7.74. The Balaban J connectivity index is 1.63. The minimum absolute atomic E-state index is 0.347. The molecule has 0 unspecified atom stereocenters.